The van der Waals surface area contributed by atoms with Crippen LogP contribution < -0.4 is 0 Å². The van der Waals surface area contributed by atoms with E-state index in [1.807, 2.05) is 0 Å². The summed E-state index contributed by atoms with van der Waals surface area (Å²) in [7, 11) is -4.16. The lowest BCUT2D eigenvalue weighted by molar-refractivity contribution is 0.463. The fourth-order valence-corrected chi connectivity index (χ4v) is 1.62. The number of hydrogen-bond donors (Lipinski definition) is 0. The molecule has 0 amide bonds. The maximum atomic E-state index is 9.93. The zero-order valence-corrected chi connectivity index (χ0v) is 6.89. The standard InChI is InChI=1S/C3H8O3S3/c4-9(5,6)2-3(8)1-7/h3,7-8H,1-2H2,(H,4,5,6)/p-3/t3-/m0/s1. The molecule has 1 atom stereocenters. The van der Waals surface area contributed by atoms with Gasteiger partial charge in [0.1, 0.15) is 0 Å². The largest absolute Gasteiger partial charge is 0.794 e. The van der Waals surface area contributed by atoms with Crippen molar-refractivity contribution < 1.29 is 13.0 Å². The van der Waals surface area contributed by atoms with Gasteiger partial charge in [-0.25, -0.2) is 8.42 Å². The molecule has 0 fully saturated rings. The Morgan fingerprint density at radius 2 is 2.00 bits per heavy atom. The van der Waals surface area contributed by atoms with Crippen molar-refractivity contribution in [1.29, 1.82) is 0 Å². The maximum Gasteiger partial charge on any atom is 0.0928 e. The van der Waals surface area contributed by atoms with Gasteiger partial charge in [-0.15, -0.1) is 0 Å². The molecule has 9 heavy (non-hydrogen) atoms. The predicted octanol–water partition coefficient (Wildman–Crippen LogP) is -1.01. The summed E-state index contributed by atoms with van der Waals surface area (Å²) in [6.07, 6.45) is 0. The Kier molecular flexibility index (Phi) is 3.95. The summed E-state index contributed by atoms with van der Waals surface area (Å²) < 4.78 is 29.8. The Morgan fingerprint density at radius 1 is 1.56 bits per heavy atom. The molecule has 0 aliphatic carbocycles. The van der Waals surface area contributed by atoms with Gasteiger partial charge in [0, 0.05) is 5.75 Å². The average molecular weight is 185 g/mol. The molecule has 0 saturated carbocycles. The second-order valence-corrected chi connectivity index (χ2v) is 3.96. The molecule has 0 bridgehead atoms. The molecule has 0 unspecified atom stereocenters. The molecule has 6 heteroatoms. The third-order valence-corrected chi connectivity index (χ3v) is 2.54. The highest BCUT2D eigenvalue weighted by Gasteiger charge is 1.92. The van der Waals surface area contributed by atoms with Crippen LogP contribution in [0.25, 0.3) is 0 Å². The van der Waals surface area contributed by atoms with Gasteiger partial charge in [-0.1, -0.05) is 0 Å². The summed E-state index contributed by atoms with van der Waals surface area (Å²) in [6.45, 7) is 0. The smallest absolute Gasteiger partial charge is 0.0928 e. The first kappa shape index (κ1) is 9.61. The Labute approximate surface area is 65.4 Å². The normalized spacial score (nSPS) is 15.4. The minimum absolute atomic E-state index is 0.136. The van der Waals surface area contributed by atoms with Crippen LogP contribution in [0.5, 0.6) is 0 Å². The van der Waals surface area contributed by atoms with Crippen molar-refractivity contribution in [2.24, 2.45) is 0 Å². The summed E-state index contributed by atoms with van der Waals surface area (Å²) in [5.41, 5.74) is 0. The Morgan fingerprint density at radius 3 is 2.11 bits per heavy atom. The first-order chi connectivity index (χ1) is 3.95. The minimum atomic E-state index is -4.16. The van der Waals surface area contributed by atoms with Crippen LogP contribution in [0.4, 0.5) is 0 Å². The predicted molar refractivity (Wildman–Crippen MR) is 37.9 cm³/mol. The second kappa shape index (κ2) is 3.70. The Balaban J connectivity index is 3.75. The summed E-state index contributed by atoms with van der Waals surface area (Å²) in [5, 5.41) is -0.609. The van der Waals surface area contributed by atoms with Crippen molar-refractivity contribution in [3.63, 3.8) is 0 Å². The molecule has 0 aromatic carbocycles. The fraction of sp³-hybridized carbons (Fsp3) is 1.00. The molecule has 56 valence electrons. The molecule has 0 aromatic heterocycles. The van der Waals surface area contributed by atoms with E-state index < -0.39 is 21.1 Å². The minimum Gasteiger partial charge on any atom is -0.794 e. The molecule has 0 aliphatic rings. The summed E-state index contributed by atoms with van der Waals surface area (Å²) in [5.74, 6) is -0.386. The van der Waals surface area contributed by atoms with Gasteiger partial charge in [0.15, 0.2) is 0 Å². The number of rotatable bonds is 3. The van der Waals surface area contributed by atoms with E-state index in [-0.39, 0.29) is 5.75 Å². The van der Waals surface area contributed by atoms with Gasteiger partial charge < -0.3 is 29.8 Å². The molecule has 0 saturated heterocycles. The van der Waals surface area contributed by atoms with Gasteiger partial charge in [-0.2, -0.15) is 11.0 Å². The van der Waals surface area contributed by atoms with Gasteiger partial charge in [-0.3, -0.25) is 0 Å². The second-order valence-electron chi connectivity index (χ2n) is 1.51. The highest BCUT2D eigenvalue weighted by Crippen LogP contribution is 1.89. The molecule has 3 nitrogen and oxygen atoms in total. The van der Waals surface area contributed by atoms with Crippen LogP contribution in [-0.4, -0.2) is 29.7 Å². The first-order valence-corrected chi connectivity index (χ1v) is 4.76. The van der Waals surface area contributed by atoms with E-state index in [1.54, 1.807) is 0 Å². The number of hydrogen-bond acceptors (Lipinski definition) is 5. The molecule has 0 rings (SSSR count). The zero-order chi connectivity index (χ0) is 7.49. The third kappa shape index (κ3) is 6.50. The lowest BCUT2D eigenvalue weighted by Crippen LogP contribution is -2.20. The van der Waals surface area contributed by atoms with Gasteiger partial charge in [0.2, 0.25) is 0 Å². The summed E-state index contributed by atoms with van der Waals surface area (Å²) in [6, 6.07) is 0. The monoisotopic (exact) mass is 185 g/mol. The fourth-order valence-electron chi connectivity index (χ4n) is 0.276. The van der Waals surface area contributed by atoms with Gasteiger partial charge in [0.25, 0.3) is 0 Å². The van der Waals surface area contributed by atoms with E-state index in [9.17, 15) is 13.0 Å². The summed E-state index contributed by atoms with van der Waals surface area (Å²) >= 11 is 8.94. The van der Waals surface area contributed by atoms with Crippen LogP contribution in [0.3, 0.4) is 0 Å². The maximum absolute atomic E-state index is 9.93. The van der Waals surface area contributed by atoms with E-state index in [0.29, 0.717) is 0 Å². The van der Waals surface area contributed by atoms with Gasteiger partial charge in [-0.05, 0) is 0 Å². The lowest BCUT2D eigenvalue weighted by atomic mass is 10.6. The summed E-state index contributed by atoms with van der Waals surface area (Å²) in [4.78, 5) is 0. The molecule has 0 N–H and O–H groups in total. The van der Waals surface area contributed by atoms with Crippen molar-refractivity contribution in [1.82, 2.24) is 0 Å². The lowest BCUT2D eigenvalue weighted by Gasteiger charge is -2.26. The molecule has 0 radical (unpaired) electrons. The van der Waals surface area contributed by atoms with Gasteiger partial charge >= 0.3 is 0 Å². The molecule has 0 spiro atoms. The van der Waals surface area contributed by atoms with E-state index in [2.05, 4.69) is 25.3 Å². The van der Waals surface area contributed by atoms with Crippen molar-refractivity contribution in [3.8, 4) is 0 Å². The van der Waals surface area contributed by atoms with Crippen LogP contribution in [0.2, 0.25) is 0 Å². The average Bonchev–Trinajstić information content (AvgIpc) is 1.62. The Hall–Kier alpha value is 0.610. The molecular formula is C3H5O3S3-3. The molecule has 0 aromatic rings. The quantitative estimate of drug-likeness (QED) is 0.417. The van der Waals surface area contributed by atoms with E-state index in [4.69, 9.17) is 0 Å². The molecular weight excluding hydrogens is 180 g/mol. The SMILES string of the molecule is O=S(=O)([O-])C[C@@H]([S-])C[S-]. The van der Waals surface area contributed by atoms with Crippen LogP contribution in [0.1, 0.15) is 0 Å². The first-order valence-electron chi connectivity index (χ1n) is 2.13. The third-order valence-electron chi connectivity index (χ3n) is 0.576. The van der Waals surface area contributed by atoms with E-state index in [0.717, 1.165) is 0 Å². The highest BCUT2D eigenvalue weighted by molar-refractivity contribution is 7.86. The van der Waals surface area contributed by atoms with Crippen LogP contribution >= 0.6 is 0 Å². The van der Waals surface area contributed by atoms with Crippen molar-refractivity contribution in [3.05, 3.63) is 0 Å². The molecule has 0 aliphatic heterocycles. The van der Waals surface area contributed by atoms with Crippen molar-refractivity contribution in [2.75, 3.05) is 11.5 Å². The molecule has 0 heterocycles. The van der Waals surface area contributed by atoms with Gasteiger partial charge in [0.05, 0.1) is 10.1 Å². The van der Waals surface area contributed by atoms with Crippen LogP contribution in [0.15, 0.2) is 0 Å². The van der Waals surface area contributed by atoms with E-state index in [1.165, 1.54) is 0 Å². The Bertz CT molecular complexity index is 161. The van der Waals surface area contributed by atoms with Crippen LogP contribution in [0, 0.1) is 0 Å². The highest BCUT2D eigenvalue weighted by atomic mass is 32.2. The topological polar surface area (TPSA) is 57.2 Å². The van der Waals surface area contributed by atoms with Crippen LogP contribution in [-0.2, 0) is 35.4 Å². The van der Waals surface area contributed by atoms with Crippen molar-refractivity contribution >= 4 is 35.4 Å². The zero-order valence-electron chi connectivity index (χ0n) is 4.44. The van der Waals surface area contributed by atoms with Crippen molar-refractivity contribution in [2.45, 2.75) is 5.25 Å². The van der Waals surface area contributed by atoms with E-state index >= 15 is 0 Å².